The predicted molar refractivity (Wildman–Crippen MR) is 76.2 cm³/mol. The first-order valence-corrected chi connectivity index (χ1v) is 6.66. The Hall–Kier alpha value is -2.11. The van der Waals surface area contributed by atoms with Crippen molar-refractivity contribution in [1.29, 1.82) is 0 Å². The molecule has 6 nitrogen and oxygen atoms in total. The van der Waals surface area contributed by atoms with Crippen LogP contribution in [-0.4, -0.2) is 41.5 Å². The van der Waals surface area contributed by atoms with Crippen LogP contribution in [0.4, 0.5) is 5.69 Å². The lowest BCUT2D eigenvalue weighted by Crippen LogP contribution is -2.37. The molecule has 0 aromatic carbocycles. The van der Waals surface area contributed by atoms with Crippen molar-refractivity contribution in [3.8, 4) is 0 Å². The third-order valence-corrected chi connectivity index (χ3v) is 2.74. The maximum absolute atomic E-state index is 12.5. The van der Waals surface area contributed by atoms with Crippen molar-refractivity contribution in [1.82, 2.24) is 9.88 Å². The van der Waals surface area contributed by atoms with Crippen LogP contribution in [0.2, 0.25) is 0 Å². The molecule has 0 fully saturated rings. The minimum absolute atomic E-state index is 0.0608. The summed E-state index contributed by atoms with van der Waals surface area (Å²) in [6.07, 6.45) is 2.25. The van der Waals surface area contributed by atoms with Crippen LogP contribution < -0.4 is 5.73 Å². The second-order valence-corrected chi connectivity index (χ2v) is 4.43. The summed E-state index contributed by atoms with van der Waals surface area (Å²) in [5, 5.41) is 0. The highest BCUT2D eigenvalue weighted by molar-refractivity contribution is 5.97. The van der Waals surface area contributed by atoms with Gasteiger partial charge < -0.3 is 15.4 Å². The number of anilines is 1. The fraction of sp³-hybridized carbons (Fsp3) is 0.500. The molecule has 0 aliphatic carbocycles. The fourth-order valence-electron chi connectivity index (χ4n) is 1.82. The molecule has 1 aromatic heterocycles. The maximum Gasteiger partial charge on any atom is 0.325 e. The number of carbonyl (C=O) groups excluding carboxylic acids is 2. The average Bonchev–Trinajstić information content (AvgIpc) is 2.40. The monoisotopic (exact) mass is 279 g/mol. The second-order valence-electron chi connectivity index (χ2n) is 4.43. The topological polar surface area (TPSA) is 85.5 Å². The molecule has 0 aliphatic rings. The van der Waals surface area contributed by atoms with Gasteiger partial charge in [-0.1, -0.05) is 6.92 Å². The minimum Gasteiger partial charge on any atom is -0.465 e. The number of amides is 1. The number of aryl methyl sites for hydroxylation is 1. The highest BCUT2D eigenvalue weighted by Crippen LogP contribution is 2.13. The first-order chi connectivity index (χ1) is 9.49. The van der Waals surface area contributed by atoms with E-state index in [-0.39, 0.29) is 12.5 Å². The predicted octanol–water partition coefficient (Wildman–Crippen LogP) is 1.39. The van der Waals surface area contributed by atoms with Gasteiger partial charge in [0, 0.05) is 6.54 Å². The number of esters is 1. The number of rotatable bonds is 6. The molecule has 0 unspecified atom stereocenters. The van der Waals surface area contributed by atoms with Gasteiger partial charge in [-0.3, -0.25) is 14.6 Å². The summed E-state index contributed by atoms with van der Waals surface area (Å²) in [4.78, 5) is 29.6. The molecule has 1 amide bonds. The van der Waals surface area contributed by atoms with Crippen molar-refractivity contribution in [2.24, 2.45) is 0 Å². The van der Waals surface area contributed by atoms with Crippen LogP contribution in [0.25, 0.3) is 0 Å². The van der Waals surface area contributed by atoms with Gasteiger partial charge in [-0.2, -0.15) is 0 Å². The zero-order valence-corrected chi connectivity index (χ0v) is 12.2. The Morgan fingerprint density at radius 1 is 1.40 bits per heavy atom. The number of pyridine rings is 1. The van der Waals surface area contributed by atoms with E-state index in [9.17, 15) is 9.59 Å². The molecule has 20 heavy (non-hydrogen) atoms. The summed E-state index contributed by atoms with van der Waals surface area (Å²) < 4.78 is 4.89. The number of carbonyl (C=O) groups is 2. The SMILES string of the molecule is CCCN(CC(=O)OCC)C(=O)c1cc(N)cnc1C. The molecule has 0 saturated heterocycles. The lowest BCUT2D eigenvalue weighted by atomic mass is 10.1. The van der Waals surface area contributed by atoms with Crippen molar-refractivity contribution >= 4 is 17.6 Å². The lowest BCUT2D eigenvalue weighted by molar-refractivity contribution is -0.143. The molecule has 0 atom stereocenters. The van der Waals surface area contributed by atoms with Crippen molar-refractivity contribution in [2.45, 2.75) is 27.2 Å². The minimum atomic E-state index is -0.413. The highest BCUT2D eigenvalue weighted by atomic mass is 16.5. The second kappa shape index (κ2) is 7.47. The molecule has 0 radical (unpaired) electrons. The Bertz CT molecular complexity index is 489. The van der Waals surface area contributed by atoms with E-state index in [1.54, 1.807) is 19.9 Å². The first-order valence-electron chi connectivity index (χ1n) is 6.66. The molecule has 0 spiro atoms. The van der Waals surface area contributed by atoms with Crippen LogP contribution >= 0.6 is 0 Å². The zero-order chi connectivity index (χ0) is 15.1. The van der Waals surface area contributed by atoms with Gasteiger partial charge in [0.1, 0.15) is 6.54 Å². The van der Waals surface area contributed by atoms with E-state index >= 15 is 0 Å². The number of aromatic nitrogens is 1. The summed E-state index contributed by atoms with van der Waals surface area (Å²) in [7, 11) is 0. The molecule has 1 aromatic rings. The molecular formula is C14H21N3O3. The van der Waals surface area contributed by atoms with Gasteiger partial charge in [0.2, 0.25) is 0 Å². The number of nitrogens with zero attached hydrogens (tertiary/aromatic N) is 2. The number of hydrogen-bond acceptors (Lipinski definition) is 5. The van der Waals surface area contributed by atoms with E-state index in [0.29, 0.717) is 30.1 Å². The Balaban J connectivity index is 2.93. The molecule has 1 rings (SSSR count). The third-order valence-electron chi connectivity index (χ3n) is 2.74. The number of nitrogens with two attached hydrogens (primary N) is 1. The summed E-state index contributed by atoms with van der Waals surface area (Å²) in [6.45, 7) is 6.12. The van der Waals surface area contributed by atoms with Gasteiger partial charge in [0.05, 0.1) is 29.7 Å². The lowest BCUT2D eigenvalue weighted by Gasteiger charge is -2.21. The van der Waals surface area contributed by atoms with E-state index in [2.05, 4.69) is 4.98 Å². The zero-order valence-electron chi connectivity index (χ0n) is 12.2. The Morgan fingerprint density at radius 3 is 2.70 bits per heavy atom. The number of hydrogen-bond donors (Lipinski definition) is 1. The van der Waals surface area contributed by atoms with Crippen LogP contribution in [0.5, 0.6) is 0 Å². The summed E-state index contributed by atoms with van der Waals surface area (Å²) in [5.74, 6) is -0.666. The quantitative estimate of drug-likeness (QED) is 0.795. The van der Waals surface area contributed by atoms with Crippen LogP contribution in [0.1, 0.15) is 36.3 Å². The van der Waals surface area contributed by atoms with Gasteiger partial charge in [-0.05, 0) is 26.3 Å². The van der Waals surface area contributed by atoms with E-state index in [4.69, 9.17) is 10.5 Å². The Kier molecular flexibility index (Phi) is 5.96. The van der Waals surface area contributed by atoms with Crippen molar-refractivity contribution in [3.63, 3.8) is 0 Å². The van der Waals surface area contributed by atoms with Crippen LogP contribution in [0, 0.1) is 6.92 Å². The standard InChI is InChI=1S/C14H21N3O3/c1-4-6-17(9-13(18)20-5-2)14(19)12-7-11(15)8-16-10(12)3/h7-8H,4-6,9,15H2,1-3H3. The van der Waals surface area contributed by atoms with E-state index in [1.165, 1.54) is 11.1 Å². The molecular weight excluding hydrogens is 258 g/mol. The normalized spacial score (nSPS) is 10.2. The smallest absolute Gasteiger partial charge is 0.325 e. The summed E-state index contributed by atoms with van der Waals surface area (Å²) in [5.41, 5.74) is 7.10. The fourth-order valence-corrected chi connectivity index (χ4v) is 1.82. The van der Waals surface area contributed by atoms with Crippen molar-refractivity contribution < 1.29 is 14.3 Å². The molecule has 0 bridgehead atoms. The van der Waals surface area contributed by atoms with Crippen LogP contribution in [0.3, 0.4) is 0 Å². The Morgan fingerprint density at radius 2 is 2.10 bits per heavy atom. The molecule has 1 heterocycles. The largest absolute Gasteiger partial charge is 0.465 e. The van der Waals surface area contributed by atoms with Gasteiger partial charge in [0.15, 0.2) is 0 Å². The van der Waals surface area contributed by atoms with E-state index < -0.39 is 5.97 Å². The van der Waals surface area contributed by atoms with Crippen molar-refractivity contribution in [2.75, 3.05) is 25.4 Å². The van der Waals surface area contributed by atoms with Crippen LogP contribution in [0.15, 0.2) is 12.3 Å². The number of nitrogen functional groups attached to an aromatic ring is 1. The first kappa shape index (κ1) is 15.9. The summed E-state index contributed by atoms with van der Waals surface area (Å²) in [6, 6.07) is 1.58. The van der Waals surface area contributed by atoms with Gasteiger partial charge in [-0.25, -0.2) is 0 Å². The molecule has 0 saturated carbocycles. The summed E-state index contributed by atoms with van der Waals surface area (Å²) >= 11 is 0. The average molecular weight is 279 g/mol. The Labute approximate surface area is 118 Å². The van der Waals surface area contributed by atoms with E-state index in [1.807, 2.05) is 6.92 Å². The van der Waals surface area contributed by atoms with Crippen molar-refractivity contribution in [3.05, 3.63) is 23.5 Å². The van der Waals surface area contributed by atoms with Gasteiger partial charge >= 0.3 is 5.97 Å². The molecule has 110 valence electrons. The van der Waals surface area contributed by atoms with Crippen LogP contribution in [-0.2, 0) is 9.53 Å². The molecule has 2 N–H and O–H groups in total. The van der Waals surface area contributed by atoms with E-state index in [0.717, 1.165) is 6.42 Å². The highest BCUT2D eigenvalue weighted by Gasteiger charge is 2.21. The molecule has 6 heteroatoms. The molecule has 0 aliphatic heterocycles. The van der Waals surface area contributed by atoms with Gasteiger partial charge in [0.25, 0.3) is 5.91 Å². The third kappa shape index (κ3) is 4.22. The maximum atomic E-state index is 12.5. The van der Waals surface area contributed by atoms with Gasteiger partial charge in [-0.15, -0.1) is 0 Å². The number of ether oxygens (including phenoxy) is 1.